The van der Waals surface area contributed by atoms with E-state index in [4.69, 9.17) is 5.11 Å². The van der Waals surface area contributed by atoms with Gasteiger partial charge in [-0.05, 0) is 6.07 Å². The molecule has 5 heteroatoms. The maximum Gasteiger partial charge on any atom is 0.354 e. The number of hydrogen-bond donors (Lipinski definition) is 1. The van der Waals surface area contributed by atoms with Crippen molar-refractivity contribution >= 4 is 11.9 Å². The monoisotopic (exact) mass is 219 g/mol. The van der Waals surface area contributed by atoms with Crippen molar-refractivity contribution in [1.82, 2.24) is 9.97 Å². The van der Waals surface area contributed by atoms with Crippen LogP contribution < -0.4 is 4.90 Å². The lowest BCUT2D eigenvalue weighted by Crippen LogP contribution is -2.25. The highest BCUT2D eigenvalue weighted by Gasteiger charge is 2.10. The Bertz CT molecular complexity index is 394. The summed E-state index contributed by atoms with van der Waals surface area (Å²) in [6, 6.07) is 1.35. The minimum atomic E-state index is -1.07. The van der Waals surface area contributed by atoms with Crippen LogP contribution in [0.2, 0.25) is 0 Å². The molecule has 0 aliphatic carbocycles. The molecule has 1 aromatic heterocycles. The van der Waals surface area contributed by atoms with Crippen molar-refractivity contribution in [3.63, 3.8) is 0 Å². The number of carboxylic acids is 1. The van der Waals surface area contributed by atoms with Crippen molar-refractivity contribution in [2.75, 3.05) is 18.0 Å². The lowest BCUT2D eigenvalue weighted by atomic mass is 10.4. The molecule has 1 rings (SSSR count). The quantitative estimate of drug-likeness (QED) is 0.731. The van der Waals surface area contributed by atoms with Crippen LogP contribution in [0.1, 0.15) is 10.5 Å². The molecular formula is C11H13N3O2. The number of hydrogen-bond acceptors (Lipinski definition) is 4. The number of carbonyl (C=O) groups is 1. The third-order valence-electron chi connectivity index (χ3n) is 1.84. The lowest BCUT2D eigenvalue weighted by molar-refractivity contribution is 0.0690. The average Bonchev–Trinajstić information content (AvgIpc) is 2.29. The van der Waals surface area contributed by atoms with Gasteiger partial charge >= 0.3 is 5.97 Å². The SMILES string of the molecule is C=CCN(CC=C)c1nccc(C(=O)O)n1. The Morgan fingerprint density at radius 1 is 1.44 bits per heavy atom. The zero-order valence-corrected chi connectivity index (χ0v) is 8.83. The Hall–Kier alpha value is -2.17. The Balaban J connectivity index is 2.98. The highest BCUT2D eigenvalue weighted by atomic mass is 16.4. The molecule has 16 heavy (non-hydrogen) atoms. The molecule has 5 nitrogen and oxygen atoms in total. The molecule has 0 radical (unpaired) electrons. The van der Waals surface area contributed by atoms with Gasteiger partial charge in [-0.3, -0.25) is 0 Å². The molecule has 0 bridgehead atoms. The highest BCUT2D eigenvalue weighted by molar-refractivity contribution is 5.85. The summed E-state index contributed by atoms with van der Waals surface area (Å²) in [6.07, 6.45) is 4.81. The van der Waals surface area contributed by atoms with Gasteiger partial charge in [-0.25, -0.2) is 14.8 Å². The van der Waals surface area contributed by atoms with Crippen molar-refractivity contribution in [2.45, 2.75) is 0 Å². The van der Waals surface area contributed by atoms with Crippen LogP contribution in [0.3, 0.4) is 0 Å². The van der Waals surface area contributed by atoms with Crippen molar-refractivity contribution in [3.8, 4) is 0 Å². The van der Waals surface area contributed by atoms with Crippen LogP contribution in [-0.2, 0) is 0 Å². The molecular weight excluding hydrogens is 206 g/mol. The van der Waals surface area contributed by atoms with E-state index < -0.39 is 5.97 Å². The number of nitrogens with zero attached hydrogens (tertiary/aromatic N) is 3. The van der Waals surface area contributed by atoms with E-state index >= 15 is 0 Å². The van der Waals surface area contributed by atoms with Gasteiger partial charge in [0.25, 0.3) is 0 Å². The summed E-state index contributed by atoms with van der Waals surface area (Å²) in [5, 5.41) is 8.80. The van der Waals surface area contributed by atoms with Crippen molar-refractivity contribution in [2.24, 2.45) is 0 Å². The Labute approximate surface area is 93.8 Å². The molecule has 1 aromatic rings. The van der Waals surface area contributed by atoms with Crippen LogP contribution in [0.15, 0.2) is 37.6 Å². The molecule has 84 valence electrons. The molecule has 1 heterocycles. The molecule has 0 atom stereocenters. The van der Waals surface area contributed by atoms with E-state index in [-0.39, 0.29) is 5.69 Å². The minimum Gasteiger partial charge on any atom is -0.477 e. The Morgan fingerprint density at radius 2 is 2.06 bits per heavy atom. The van der Waals surface area contributed by atoms with Gasteiger partial charge in [0.2, 0.25) is 5.95 Å². The maximum absolute atomic E-state index is 10.7. The summed E-state index contributed by atoms with van der Waals surface area (Å²) in [4.78, 5) is 20.5. The second-order valence-electron chi connectivity index (χ2n) is 3.03. The van der Waals surface area contributed by atoms with Gasteiger partial charge in [0.15, 0.2) is 5.69 Å². The molecule has 0 aromatic carbocycles. The molecule has 1 N–H and O–H groups in total. The van der Waals surface area contributed by atoms with Gasteiger partial charge in [0.05, 0.1) is 0 Å². The first-order valence-corrected chi connectivity index (χ1v) is 4.72. The fourth-order valence-corrected chi connectivity index (χ4v) is 1.17. The topological polar surface area (TPSA) is 66.3 Å². The van der Waals surface area contributed by atoms with E-state index in [9.17, 15) is 4.79 Å². The van der Waals surface area contributed by atoms with Crippen molar-refractivity contribution in [3.05, 3.63) is 43.3 Å². The molecule has 0 fully saturated rings. The number of aromatic nitrogens is 2. The first-order valence-electron chi connectivity index (χ1n) is 4.72. The van der Waals surface area contributed by atoms with Gasteiger partial charge < -0.3 is 10.0 Å². The fourth-order valence-electron chi connectivity index (χ4n) is 1.17. The summed E-state index contributed by atoms with van der Waals surface area (Å²) >= 11 is 0. The number of carboxylic acid groups (broad SMARTS) is 1. The van der Waals surface area contributed by atoms with Gasteiger partial charge in [-0.2, -0.15) is 0 Å². The molecule has 0 aliphatic rings. The summed E-state index contributed by atoms with van der Waals surface area (Å²) in [6.45, 7) is 8.31. The second-order valence-corrected chi connectivity index (χ2v) is 3.03. The van der Waals surface area contributed by atoms with Crippen LogP contribution in [0.25, 0.3) is 0 Å². The third-order valence-corrected chi connectivity index (χ3v) is 1.84. The van der Waals surface area contributed by atoms with Crippen LogP contribution in [0, 0.1) is 0 Å². The fraction of sp³-hybridized carbons (Fsp3) is 0.182. The van der Waals surface area contributed by atoms with Crippen LogP contribution >= 0.6 is 0 Å². The van der Waals surface area contributed by atoms with Crippen LogP contribution in [0.5, 0.6) is 0 Å². The van der Waals surface area contributed by atoms with Gasteiger partial charge in [-0.1, -0.05) is 12.2 Å². The molecule has 0 aliphatic heterocycles. The molecule has 0 spiro atoms. The average molecular weight is 219 g/mol. The predicted octanol–water partition coefficient (Wildman–Crippen LogP) is 1.35. The first-order chi connectivity index (χ1) is 7.69. The minimum absolute atomic E-state index is 0.0249. The lowest BCUT2D eigenvalue weighted by Gasteiger charge is -2.18. The second kappa shape index (κ2) is 5.65. The van der Waals surface area contributed by atoms with E-state index in [1.165, 1.54) is 12.3 Å². The summed E-state index contributed by atoms with van der Waals surface area (Å²) < 4.78 is 0. The van der Waals surface area contributed by atoms with E-state index in [0.29, 0.717) is 19.0 Å². The predicted molar refractivity (Wildman–Crippen MR) is 61.6 cm³/mol. The number of anilines is 1. The Morgan fingerprint density at radius 3 is 2.56 bits per heavy atom. The smallest absolute Gasteiger partial charge is 0.354 e. The standard InChI is InChI=1S/C11H13N3O2/c1-3-7-14(8-4-2)11-12-6-5-9(13-11)10(15)16/h3-6H,1-2,7-8H2,(H,15,16). The zero-order chi connectivity index (χ0) is 12.0. The van der Waals surface area contributed by atoms with E-state index in [0.717, 1.165) is 0 Å². The van der Waals surface area contributed by atoms with Crippen molar-refractivity contribution in [1.29, 1.82) is 0 Å². The highest BCUT2D eigenvalue weighted by Crippen LogP contribution is 2.07. The molecule has 0 unspecified atom stereocenters. The van der Waals surface area contributed by atoms with Gasteiger partial charge in [-0.15, -0.1) is 13.2 Å². The largest absolute Gasteiger partial charge is 0.477 e. The molecule has 0 saturated carbocycles. The zero-order valence-electron chi connectivity index (χ0n) is 8.83. The summed E-state index contributed by atoms with van der Waals surface area (Å²) in [5.74, 6) is -0.708. The molecule has 0 amide bonds. The van der Waals surface area contributed by atoms with Crippen LogP contribution in [0.4, 0.5) is 5.95 Å². The van der Waals surface area contributed by atoms with Crippen LogP contribution in [-0.4, -0.2) is 34.1 Å². The summed E-state index contributed by atoms with van der Waals surface area (Å²) in [5.41, 5.74) is -0.0249. The number of aromatic carboxylic acids is 1. The van der Waals surface area contributed by atoms with E-state index in [1.807, 2.05) is 0 Å². The van der Waals surface area contributed by atoms with E-state index in [1.54, 1.807) is 17.1 Å². The maximum atomic E-state index is 10.7. The third kappa shape index (κ3) is 2.91. The van der Waals surface area contributed by atoms with Gasteiger partial charge in [0, 0.05) is 19.3 Å². The number of rotatable bonds is 6. The van der Waals surface area contributed by atoms with E-state index in [2.05, 4.69) is 23.1 Å². The summed E-state index contributed by atoms with van der Waals surface area (Å²) in [7, 11) is 0. The molecule has 0 saturated heterocycles. The first kappa shape index (κ1) is 11.9. The normalized spacial score (nSPS) is 9.50. The van der Waals surface area contributed by atoms with Gasteiger partial charge in [0.1, 0.15) is 0 Å². The van der Waals surface area contributed by atoms with Crippen molar-refractivity contribution < 1.29 is 9.90 Å². The Kier molecular flexibility index (Phi) is 4.20.